The van der Waals surface area contributed by atoms with E-state index in [-0.39, 0.29) is 0 Å². The maximum atomic E-state index is 8.63. The summed E-state index contributed by atoms with van der Waals surface area (Å²) in [5.74, 6) is 0.819. The quantitative estimate of drug-likeness (QED) is 0.737. The lowest BCUT2D eigenvalue weighted by Gasteiger charge is -1.92. The lowest BCUT2D eigenvalue weighted by molar-refractivity contribution is 0.557. The first-order valence-corrected chi connectivity index (χ1v) is 4.60. The van der Waals surface area contributed by atoms with Crippen molar-refractivity contribution in [1.82, 2.24) is 0 Å². The summed E-state index contributed by atoms with van der Waals surface area (Å²) in [7, 11) is 0. The molecular formula is C13H9NO. The Bertz CT molecular complexity index is 486. The molecule has 0 aliphatic carbocycles. The van der Waals surface area contributed by atoms with Crippen LogP contribution in [0, 0.1) is 11.3 Å². The summed E-state index contributed by atoms with van der Waals surface area (Å²) in [6.45, 7) is 0. The van der Waals surface area contributed by atoms with Crippen LogP contribution in [0.25, 0.3) is 12.2 Å². The van der Waals surface area contributed by atoms with E-state index in [9.17, 15) is 0 Å². The zero-order valence-electron chi connectivity index (χ0n) is 8.05. The van der Waals surface area contributed by atoms with E-state index < -0.39 is 0 Å². The molecule has 1 aromatic carbocycles. The van der Waals surface area contributed by atoms with Crippen molar-refractivity contribution in [3.05, 3.63) is 59.5 Å². The first-order chi connectivity index (χ1) is 7.38. The minimum atomic E-state index is 0.671. The molecule has 72 valence electrons. The average Bonchev–Trinajstić information content (AvgIpc) is 2.80. The largest absolute Gasteiger partial charge is 0.465 e. The highest BCUT2D eigenvalue weighted by Gasteiger charge is 1.90. The molecule has 0 bridgehead atoms. The number of hydrogen-bond acceptors (Lipinski definition) is 2. The summed E-state index contributed by atoms with van der Waals surface area (Å²) in [5, 5.41) is 8.63. The summed E-state index contributed by atoms with van der Waals surface area (Å²) in [6.07, 6.45) is 5.47. The van der Waals surface area contributed by atoms with Crippen LogP contribution in [-0.4, -0.2) is 0 Å². The molecular weight excluding hydrogens is 186 g/mol. The molecule has 0 saturated heterocycles. The van der Waals surface area contributed by atoms with Gasteiger partial charge in [0.05, 0.1) is 17.9 Å². The second-order valence-electron chi connectivity index (χ2n) is 3.08. The van der Waals surface area contributed by atoms with E-state index in [0.29, 0.717) is 5.56 Å². The molecule has 0 aliphatic rings. The lowest BCUT2D eigenvalue weighted by atomic mass is 10.1. The molecule has 15 heavy (non-hydrogen) atoms. The molecule has 0 atom stereocenters. The summed E-state index contributed by atoms with van der Waals surface area (Å²) >= 11 is 0. The topological polar surface area (TPSA) is 36.9 Å². The highest BCUT2D eigenvalue weighted by molar-refractivity contribution is 5.67. The Kier molecular flexibility index (Phi) is 2.66. The first-order valence-electron chi connectivity index (χ1n) is 4.60. The minimum absolute atomic E-state index is 0.671. The van der Waals surface area contributed by atoms with Gasteiger partial charge in [-0.2, -0.15) is 5.26 Å². The molecule has 2 nitrogen and oxygen atoms in total. The summed E-state index contributed by atoms with van der Waals surface area (Å²) < 4.78 is 5.16. The van der Waals surface area contributed by atoms with Gasteiger partial charge in [0.1, 0.15) is 5.76 Å². The maximum Gasteiger partial charge on any atom is 0.126 e. The number of nitrogens with zero attached hydrogens (tertiary/aromatic N) is 1. The van der Waals surface area contributed by atoms with Gasteiger partial charge < -0.3 is 4.42 Å². The second kappa shape index (κ2) is 4.30. The molecule has 0 radical (unpaired) electrons. The number of nitriles is 1. The smallest absolute Gasteiger partial charge is 0.126 e. The van der Waals surface area contributed by atoms with Crippen LogP contribution < -0.4 is 0 Å². The van der Waals surface area contributed by atoms with Crippen molar-refractivity contribution in [3.63, 3.8) is 0 Å². The molecule has 2 aromatic rings. The predicted molar refractivity (Wildman–Crippen MR) is 58.8 cm³/mol. The summed E-state index contributed by atoms with van der Waals surface area (Å²) in [6, 6.07) is 13.2. The van der Waals surface area contributed by atoms with Gasteiger partial charge in [-0.3, -0.25) is 0 Å². The average molecular weight is 195 g/mol. The zero-order chi connectivity index (χ0) is 10.5. The highest BCUT2D eigenvalue weighted by Crippen LogP contribution is 2.09. The van der Waals surface area contributed by atoms with Crippen LogP contribution in [0.2, 0.25) is 0 Å². The molecule has 0 fully saturated rings. The molecule has 0 amide bonds. The Morgan fingerprint density at radius 3 is 2.47 bits per heavy atom. The van der Waals surface area contributed by atoms with Crippen molar-refractivity contribution in [3.8, 4) is 6.07 Å². The Balaban J connectivity index is 2.15. The van der Waals surface area contributed by atoms with E-state index in [2.05, 4.69) is 6.07 Å². The number of furan rings is 1. The fraction of sp³-hybridized carbons (Fsp3) is 0. The Morgan fingerprint density at radius 2 is 1.87 bits per heavy atom. The van der Waals surface area contributed by atoms with Crippen LogP contribution in [0.4, 0.5) is 0 Å². The third-order valence-electron chi connectivity index (χ3n) is 2.02. The van der Waals surface area contributed by atoms with Crippen molar-refractivity contribution < 1.29 is 4.42 Å². The van der Waals surface area contributed by atoms with Crippen molar-refractivity contribution in [2.24, 2.45) is 0 Å². The number of hydrogen-bond donors (Lipinski definition) is 0. The van der Waals surface area contributed by atoms with Gasteiger partial charge in [0, 0.05) is 0 Å². The van der Waals surface area contributed by atoms with E-state index in [4.69, 9.17) is 9.68 Å². The summed E-state index contributed by atoms with van der Waals surface area (Å²) in [5.41, 5.74) is 1.72. The lowest BCUT2D eigenvalue weighted by Crippen LogP contribution is -1.74. The van der Waals surface area contributed by atoms with Crippen LogP contribution in [-0.2, 0) is 0 Å². The normalized spacial score (nSPS) is 10.3. The minimum Gasteiger partial charge on any atom is -0.465 e. The van der Waals surface area contributed by atoms with Crippen molar-refractivity contribution in [1.29, 1.82) is 5.26 Å². The number of rotatable bonds is 2. The van der Waals surface area contributed by atoms with Gasteiger partial charge in [-0.25, -0.2) is 0 Å². The maximum absolute atomic E-state index is 8.63. The van der Waals surface area contributed by atoms with Gasteiger partial charge in [0.2, 0.25) is 0 Å². The number of benzene rings is 1. The fourth-order valence-electron chi connectivity index (χ4n) is 1.23. The Labute approximate surface area is 88.1 Å². The van der Waals surface area contributed by atoms with Gasteiger partial charge in [0.15, 0.2) is 0 Å². The van der Waals surface area contributed by atoms with Crippen LogP contribution in [0.3, 0.4) is 0 Å². The van der Waals surface area contributed by atoms with E-state index in [0.717, 1.165) is 11.3 Å². The molecule has 1 heterocycles. The molecule has 0 aliphatic heterocycles. The molecule has 0 unspecified atom stereocenters. The fourth-order valence-corrected chi connectivity index (χ4v) is 1.23. The van der Waals surface area contributed by atoms with E-state index in [1.807, 2.05) is 36.4 Å². The van der Waals surface area contributed by atoms with E-state index in [1.165, 1.54) is 0 Å². The Hall–Kier alpha value is -2.27. The predicted octanol–water partition coefficient (Wildman–Crippen LogP) is 3.32. The van der Waals surface area contributed by atoms with E-state index in [1.54, 1.807) is 18.4 Å². The van der Waals surface area contributed by atoms with Gasteiger partial charge in [-0.1, -0.05) is 18.2 Å². The summed E-state index contributed by atoms with van der Waals surface area (Å²) in [4.78, 5) is 0. The van der Waals surface area contributed by atoms with Crippen molar-refractivity contribution >= 4 is 12.2 Å². The molecule has 2 heteroatoms. The molecule has 2 rings (SSSR count). The van der Waals surface area contributed by atoms with Crippen molar-refractivity contribution in [2.75, 3.05) is 0 Å². The second-order valence-corrected chi connectivity index (χ2v) is 3.08. The molecule has 0 saturated carbocycles. The van der Waals surface area contributed by atoms with Crippen LogP contribution in [0.15, 0.2) is 47.1 Å². The molecule has 0 spiro atoms. The standard InChI is InChI=1S/C13H9NO/c14-10-12-5-3-11(4-6-12)7-8-13-2-1-9-15-13/h1-9H/b8-7+. The van der Waals surface area contributed by atoms with Crippen LogP contribution >= 0.6 is 0 Å². The van der Waals surface area contributed by atoms with Crippen LogP contribution in [0.5, 0.6) is 0 Å². The monoisotopic (exact) mass is 195 g/mol. The van der Waals surface area contributed by atoms with Gasteiger partial charge in [-0.15, -0.1) is 0 Å². The van der Waals surface area contributed by atoms with Gasteiger partial charge in [0.25, 0.3) is 0 Å². The highest BCUT2D eigenvalue weighted by atomic mass is 16.3. The van der Waals surface area contributed by atoms with Crippen molar-refractivity contribution in [2.45, 2.75) is 0 Å². The molecule has 0 N–H and O–H groups in total. The van der Waals surface area contributed by atoms with E-state index >= 15 is 0 Å². The van der Waals surface area contributed by atoms with Crippen LogP contribution in [0.1, 0.15) is 16.9 Å². The molecule has 1 aromatic heterocycles. The third-order valence-corrected chi connectivity index (χ3v) is 2.02. The zero-order valence-corrected chi connectivity index (χ0v) is 8.05. The van der Waals surface area contributed by atoms with Gasteiger partial charge in [-0.05, 0) is 35.9 Å². The first kappa shape index (κ1) is 9.29. The SMILES string of the molecule is N#Cc1ccc(/C=C/c2ccco2)cc1. The third kappa shape index (κ3) is 2.35. The van der Waals surface area contributed by atoms with Gasteiger partial charge >= 0.3 is 0 Å². The Morgan fingerprint density at radius 1 is 1.07 bits per heavy atom.